The maximum atomic E-state index is 10.3. The molecule has 4 N–H and O–H groups in total. The van der Waals surface area contributed by atoms with Gasteiger partial charge in [-0.3, -0.25) is 0 Å². The van der Waals surface area contributed by atoms with Crippen LogP contribution in [0.25, 0.3) is 0 Å². The Morgan fingerprint density at radius 3 is 2.05 bits per heavy atom. The second-order valence-corrected chi connectivity index (χ2v) is 3.85. The van der Waals surface area contributed by atoms with Gasteiger partial charge in [0.2, 0.25) is 0 Å². The van der Waals surface area contributed by atoms with Gasteiger partial charge in [0, 0.05) is 0 Å². The van der Waals surface area contributed by atoms with Crippen LogP contribution in [0.5, 0.6) is 5.75 Å². The van der Waals surface area contributed by atoms with E-state index in [1.54, 1.807) is 12.1 Å². The van der Waals surface area contributed by atoms with Gasteiger partial charge < -0.3 is 15.9 Å². The van der Waals surface area contributed by atoms with E-state index in [4.69, 9.17) is 15.9 Å². The molecule has 4 heteroatoms. The van der Waals surface area contributed by atoms with Crippen LogP contribution in [0, 0.1) is 0 Å². The van der Waals surface area contributed by atoms with E-state index in [9.17, 15) is 4.79 Å². The van der Waals surface area contributed by atoms with E-state index in [1.165, 1.54) is 17.7 Å². The van der Waals surface area contributed by atoms with Crippen LogP contribution in [-0.2, 0) is 6.42 Å². The van der Waals surface area contributed by atoms with E-state index < -0.39 is 5.97 Å². The Hall–Kier alpha value is -2.33. The summed E-state index contributed by atoms with van der Waals surface area (Å²) in [6, 6.07) is 16.1. The highest BCUT2D eigenvalue weighted by Gasteiger charge is 2.05. The number of phenols is 1. The Kier molecular flexibility index (Phi) is 6.12. The molecule has 0 heterocycles. The summed E-state index contributed by atoms with van der Waals surface area (Å²) in [5.41, 5.74) is 6.61. The topological polar surface area (TPSA) is 83.6 Å². The summed E-state index contributed by atoms with van der Waals surface area (Å²) in [4.78, 5) is 10.3. The lowest BCUT2D eigenvalue weighted by atomic mass is 10.2. The van der Waals surface area contributed by atoms with E-state index in [2.05, 4.69) is 12.1 Å². The lowest BCUT2D eigenvalue weighted by molar-refractivity contribution is 0.0694. The van der Waals surface area contributed by atoms with Crippen molar-refractivity contribution in [3.8, 4) is 5.75 Å². The second-order valence-electron chi connectivity index (χ2n) is 3.85. The fourth-order valence-electron chi connectivity index (χ4n) is 1.47. The molecule has 0 saturated carbocycles. The first-order valence-electron chi connectivity index (χ1n) is 5.90. The maximum Gasteiger partial charge on any atom is 0.339 e. The van der Waals surface area contributed by atoms with Gasteiger partial charge in [0.05, 0.1) is 0 Å². The molecule has 0 saturated heterocycles. The number of aromatic hydroxyl groups is 1. The van der Waals surface area contributed by atoms with Gasteiger partial charge in [-0.2, -0.15) is 0 Å². The highest BCUT2D eigenvalue weighted by Crippen LogP contribution is 2.14. The smallest absolute Gasteiger partial charge is 0.339 e. The second kappa shape index (κ2) is 7.89. The Morgan fingerprint density at radius 1 is 1.00 bits per heavy atom. The van der Waals surface area contributed by atoms with Gasteiger partial charge in [0.25, 0.3) is 0 Å². The van der Waals surface area contributed by atoms with E-state index in [1.807, 2.05) is 18.2 Å². The molecule has 0 amide bonds. The molecule has 100 valence electrons. The van der Waals surface area contributed by atoms with Gasteiger partial charge in [-0.25, -0.2) is 4.79 Å². The fraction of sp³-hybridized carbons (Fsp3) is 0.133. The molecule has 0 fully saturated rings. The first-order chi connectivity index (χ1) is 9.15. The minimum Gasteiger partial charge on any atom is -0.507 e. The summed E-state index contributed by atoms with van der Waals surface area (Å²) in [5.74, 6) is -1.31. The number of carboxylic acids is 1. The van der Waals surface area contributed by atoms with Crippen molar-refractivity contribution in [2.75, 3.05) is 6.54 Å². The Morgan fingerprint density at radius 2 is 1.58 bits per heavy atom. The predicted octanol–water partition coefficient (Wildman–Crippen LogP) is 2.28. The molecule has 4 nitrogen and oxygen atoms in total. The van der Waals surface area contributed by atoms with Crippen molar-refractivity contribution >= 4 is 5.97 Å². The van der Waals surface area contributed by atoms with Crippen molar-refractivity contribution in [2.45, 2.75) is 6.42 Å². The number of para-hydroxylation sites is 1. The first-order valence-corrected chi connectivity index (χ1v) is 5.90. The van der Waals surface area contributed by atoms with Gasteiger partial charge in [-0.15, -0.1) is 0 Å². The number of rotatable bonds is 3. The molecule has 0 aliphatic rings. The zero-order valence-electron chi connectivity index (χ0n) is 10.5. The third-order valence-electron chi connectivity index (χ3n) is 2.41. The molecule has 2 aromatic rings. The van der Waals surface area contributed by atoms with Crippen LogP contribution >= 0.6 is 0 Å². The normalized spacial score (nSPS) is 9.32. The van der Waals surface area contributed by atoms with E-state index in [-0.39, 0.29) is 11.3 Å². The standard InChI is InChI=1S/C8H11N.C7H6O3/c9-7-6-8-4-2-1-3-5-8;8-6-4-2-1-3-5(6)7(9)10/h1-5H,6-7,9H2;1-4,8H,(H,9,10). The van der Waals surface area contributed by atoms with Gasteiger partial charge >= 0.3 is 5.97 Å². The summed E-state index contributed by atoms with van der Waals surface area (Å²) in [6.07, 6.45) is 0.987. The van der Waals surface area contributed by atoms with Crippen LogP contribution in [0.1, 0.15) is 15.9 Å². The SMILES string of the molecule is NCCc1ccccc1.O=C(O)c1ccccc1O. The summed E-state index contributed by atoms with van der Waals surface area (Å²) in [7, 11) is 0. The first kappa shape index (κ1) is 14.7. The number of carbonyl (C=O) groups is 1. The minimum atomic E-state index is -1.11. The zero-order chi connectivity index (χ0) is 14.1. The summed E-state index contributed by atoms with van der Waals surface area (Å²) < 4.78 is 0. The van der Waals surface area contributed by atoms with Crippen molar-refractivity contribution in [3.05, 3.63) is 65.7 Å². The average Bonchev–Trinajstić information content (AvgIpc) is 2.41. The number of aromatic carboxylic acids is 1. The molecule has 0 bridgehead atoms. The molecule has 19 heavy (non-hydrogen) atoms. The van der Waals surface area contributed by atoms with Gasteiger partial charge in [-0.1, -0.05) is 42.5 Å². The Balaban J connectivity index is 0.000000191. The largest absolute Gasteiger partial charge is 0.507 e. The molecule has 0 aliphatic carbocycles. The number of nitrogens with two attached hydrogens (primary N) is 1. The molecular formula is C15H17NO3. The predicted molar refractivity (Wildman–Crippen MR) is 74.3 cm³/mol. The molecule has 0 aliphatic heterocycles. The molecule has 0 aromatic heterocycles. The van der Waals surface area contributed by atoms with Crippen molar-refractivity contribution in [3.63, 3.8) is 0 Å². The Bertz CT molecular complexity index is 512. The van der Waals surface area contributed by atoms with Crippen molar-refractivity contribution in [1.82, 2.24) is 0 Å². The zero-order valence-corrected chi connectivity index (χ0v) is 10.5. The maximum absolute atomic E-state index is 10.3. The number of benzene rings is 2. The summed E-state index contributed by atoms with van der Waals surface area (Å²) >= 11 is 0. The van der Waals surface area contributed by atoms with Crippen LogP contribution in [0.2, 0.25) is 0 Å². The molecule has 0 atom stereocenters. The molecule has 2 rings (SSSR count). The van der Waals surface area contributed by atoms with Crippen LogP contribution in [0.3, 0.4) is 0 Å². The minimum absolute atomic E-state index is 0.0671. The molecular weight excluding hydrogens is 242 g/mol. The van der Waals surface area contributed by atoms with E-state index in [0.29, 0.717) is 0 Å². The van der Waals surface area contributed by atoms with Gasteiger partial charge in [0.15, 0.2) is 0 Å². The molecule has 2 aromatic carbocycles. The lowest BCUT2D eigenvalue weighted by Crippen LogP contribution is -2.01. The van der Waals surface area contributed by atoms with Crippen molar-refractivity contribution in [1.29, 1.82) is 0 Å². The molecule has 0 radical (unpaired) electrons. The summed E-state index contributed by atoms with van der Waals surface area (Å²) in [5, 5.41) is 17.3. The van der Waals surface area contributed by atoms with E-state index in [0.717, 1.165) is 13.0 Å². The van der Waals surface area contributed by atoms with Gasteiger partial charge in [-0.05, 0) is 30.7 Å². The molecule has 0 unspecified atom stereocenters. The highest BCUT2D eigenvalue weighted by atomic mass is 16.4. The number of carboxylic acid groups (broad SMARTS) is 1. The van der Waals surface area contributed by atoms with Crippen LogP contribution in [0.4, 0.5) is 0 Å². The summed E-state index contributed by atoms with van der Waals surface area (Å²) in [6.45, 7) is 0.740. The third-order valence-corrected chi connectivity index (χ3v) is 2.41. The number of hydrogen-bond acceptors (Lipinski definition) is 3. The fourth-order valence-corrected chi connectivity index (χ4v) is 1.47. The van der Waals surface area contributed by atoms with Crippen molar-refractivity contribution < 1.29 is 15.0 Å². The van der Waals surface area contributed by atoms with Crippen molar-refractivity contribution in [2.24, 2.45) is 5.73 Å². The number of hydrogen-bond donors (Lipinski definition) is 3. The monoisotopic (exact) mass is 259 g/mol. The van der Waals surface area contributed by atoms with Crippen LogP contribution in [-0.4, -0.2) is 22.7 Å². The average molecular weight is 259 g/mol. The third kappa shape index (κ3) is 5.23. The van der Waals surface area contributed by atoms with Crippen LogP contribution < -0.4 is 5.73 Å². The lowest BCUT2D eigenvalue weighted by Gasteiger charge is -1.95. The van der Waals surface area contributed by atoms with Crippen LogP contribution in [0.15, 0.2) is 54.6 Å². The van der Waals surface area contributed by atoms with Gasteiger partial charge in [0.1, 0.15) is 11.3 Å². The Labute approximate surface area is 112 Å². The highest BCUT2D eigenvalue weighted by molar-refractivity contribution is 5.90. The quantitative estimate of drug-likeness (QED) is 0.789. The van der Waals surface area contributed by atoms with E-state index >= 15 is 0 Å². The molecule has 0 spiro atoms.